The van der Waals surface area contributed by atoms with Crippen molar-refractivity contribution < 1.29 is 18.7 Å². The fourth-order valence-electron chi connectivity index (χ4n) is 2.11. The standard InChI is InChI=1S/C17H13BrN2O4/c1-10(16(21)20-12-7-5-11(18)6-8-12)24-17(22)13-3-2-4-14-15(13)19-9-23-14/h2-10H,1H3,(H,20,21). The summed E-state index contributed by atoms with van der Waals surface area (Å²) in [7, 11) is 0. The Labute approximate surface area is 145 Å². The van der Waals surface area contributed by atoms with E-state index in [1.807, 2.05) is 0 Å². The summed E-state index contributed by atoms with van der Waals surface area (Å²) >= 11 is 3.32. The fourth-order valence-corrected chi connectivity index (χ4v) is 2.37. The summed E-state index contributed by atoms with van der Waals surface area (Å²) < 4.78 is 11.3. The van der Waals surface area contributed by atoms with E-state index in [4.69, 9.17) is 9.15 Å². The Morgan fingerprint density at radius 1 is 1.21 bits per heavy atom. The van der Waals surface area contributed by atoms with E-state index in [1.165, 1.54) is 13.3 Å². The molecule has 1 amide bonds. The zero-order chi connectivity index (χ0) is 17.1. The second kappa shape index (κ2) is 6.84. The monoisotopic (exact) mass is 388 g/mol. The highest BCUT2D eigenvalue weighted by Crippen LogP contribution is 2.19. The first-order valence-electron chi connectivity index (χ1n) is 7.14. The molecule has 1 atom stereocenters. The van der Waals surface area contributed by atoms with Crippen LogP contribution >= 0.6 is 15.9 Å². The zero-order valence-electron chi connectivity index (χ0n) is 12.7. The summed E-state index contributed by atoms with van der Waals surface area (Å²) in [6.07, 6.45) is 0.300. The molecule has 0 aliphatic carbocycles. The Morgan fingerprint density at radius 3 is 2.71 bits per heavy atom. The lowest BCUT2D eigenvalue weighted by atomic mass is 10.2. The number of fused-ring (bicyclic) bond motifs is 1. The Balaban J connectivity index is 1.68. The maximum absolute atomic E-state index is 12.3. The number of nitrogens with one attached hydrogen (secondary N) is 1. The van der Waals surface area contributed by atoms with Crippen molar-refractivity contribution in [3.63, 3.8) is 0 Å². The number of esters is 1. The molecule has 6 nitrogen and oxygen atoms in total. The molecule has 1 N–H and O–H groups in total. The Bertz CT molecular complexity index is 889. The number of aromatic nitrogens is 1. The number of ether oxygens (including phenoxy) is 1. The van der Waals surface area contributed by atoms with Crippen LogP contribution in [0.4, 0.5) is 5.69 Å². The first-order chi connectivity index (χ1) is 11.5. The number of amides is 1. The number of rotatable bonds is 4. The molecule has 1 unspecified atom stereocenters. The normalized spacial score (nSPS) is 11.9. The summed E-state index contributed by atoms with van der Waals surface area (Å²) in [5.74, 6) is -1.05. The number of halogens is 1. The summed E-state index contributed by atoms with van der Waals surface area (Å²) in [6.45, 7) is 1.51. The van der Waals surface area contributed by atoms with Gasteiger partial charge in [0.1, 0.15) is 5.52 Å². The van der Waals surface area contributed by atoms with Gasteiger partial charge in [0.15, 0.2) is 18.1 Å². The number of hydrogen-bond acceptors (Lipinski definition) is 5. The van der Waals surface area contributed by atoms with Gasteiger partial charge in [0, 0.05) is 10.2 Å². The van der Waals surface area contributed by atoms with Crippen molar-refractivity contribution in [2.24, 2.45) is 0 Å². The van der Waals surface area contributed by atoms with Gasteiger partial charge >= 0.3 is 5.97 Å². The SMILES string of the molecule is CC(OC(=O)c1cccc2ocnc12)C(=O)Nc1ccc(Br)cc1. The molecule has 0 aliphatic rings. The summed E-state index contributed by atoms with van der Waals surface area (Å²) in [5.41, 5.74) is 1.76. The number of oxazole rings is 1. The van der Waals surface area contributed by atoms with Crippen LogP contribution in [-0.2, 0) is 9.53 Å². The Hall–Kier alpha value is -2.67. The van der Waals surface area contributed by atoms with Crippen molar-refractivity contribution in [2.45, 2.75) is 13.0 Å². The molecule has 1 heterocycles. The van der Waals surface area contributed by atoms with Gasteiger partial charge in [-0.3, -0.25) is 4.79 Å². The molecular weight excluding hydrogens is 376 g/mol. The summed E-state index contributed by atoms with van der Waals surface area (Å²) in [5, 5.41) is 2.69. The molecule has 24 heavy (non-hydrogen) atoms. The minimum Gasteiger partial charge on any atom is -0.449 e. The van der Waals surface area contributed by atoms with Gasteiger partial charge in [-0.05, 0) is 43.3 Å². The number of carbonyl (C=O) groups is 2. The highest BCUT2D eigenvalue weighted by atomic mass is 79.9. The maximum Gasteiger partial charge on any atom is 0.341 e. The van der Waals surface area contributed by atoms with Crippen molar-refractivity contribution in [3.8, 4) is 0 Å². The molecule has 0 spiro atoms. The van der Waals surface area contributed by atoms with Gasteiger partial charge in [-0.15, -0.1) is 0 Å². The predicted molar refractivity (Wildman–Crippen MR) is 91.7 cm³/mol. The van der Waals surface area contributed by atoms with Gasteiger partial charge in [-0.1, -0.05) is 22.0 Å². The average Bonchev–Trinajstić information content (AvgIpc) is 3.05. The smallest absolute Gasteiger partial charge is 0.341 e. The third-order valence-electron chi connectivity index (χ3n) is 3.35. The second-order valence-electron chi connectivity index (χ2n) is 5.05. The van der Waals surface area contributed by atoms with E-state index in [9.17, 15) is 9.59 Å². The lowest BCUT2D eigenvalue weighted by Crippen LogP contribution is -2.30. The van der Waals surface area contributed by atoms with Crippen LogP contribution in [0.2, 0.25) is 0 Å². The van der Waals surface area contributed by atoms with Crippen molar-refractivity contribution >= 4 is 44.6 Å². The van der Waals surface area contributed by atoms with Gasteiger partial charge in [0.2, 0.25) is 0 Å². The van der Waals surface area contributed by atoms with E-state index < -0.39 is 18.0 Å². The lowest BCUT2D eigenvalue weighted by molar-refractivity contribution is -0.123. The quantitative estimate of drug-likeness (QED) is 0.687. The van der Waals surface area contributed by atoms with E-state index in [-0.39, 0.29) is 5.56 Å². The van der Waals surface area contributed by atoms with E-state index in [1.54, 1.807) is 42.5 Å². The molecule has 0 saturated heterocycles. The lowest BCUT2D eigenvalue weighted by Gasteiger charge is -2.13. The molecule has 7 heteroatoms. The van der Waals surface area contributed by atoms with Crippen molar-refractivity contribution in [2.75, 3.05) is 5.32 Å². The van der Waals surface area contributed by atoms with Crippen molar-refractivity contribution in [3.05, 3.63) is 58.9 Å². The van der Waals surface area contributed by atoms with Gasteiger partial charge in [-0.25, -0.2) is 9.78 Å². The first-order valence-corrected chi connectivity index (χ1v) is 7.93. The molecular formula is C17H13BrN2O4. The van der Waals surface area contributed by atoms with Crippen molar-refractivity contribution in [1.29, 1.82) is 0 Å². The van der Waals surface area contributed by atoms with Crippen molar-refractivity contribution in [1.82, 2.24) is 4.98 Å². The highest BCUT2D eigenvalue weighted by Gasteiger charge is 2.21. The maximum atomic E-state index is 12.3. The predicted octanol–water partition coefficient (Wildman–Crippen LogP) is 3.77. The molecule has 3 rings (SSSR count). The first kappa shape index (κ1) is 16.2. The van der Waals surface area contributed by atoms with Gasteiger partial charge in [0.25, 0.3) is 5.91 Å². The third kappa shape index (κ3) is 3.46. The van der Waals surface area contributed by atoms with E-state index >= 15 is 0 Å². The average molecular weight is 389 g/mol. The molecule has 122 valence electrons. The molecule has 0 bridgehead atoms. The second-order valence-corrected chi connectivity index (χ2v) is 5.96. The molecule has 0 fully saturated rings. The largest absolute Gasteiger partial charge is 0.449 e. The van der Waals surface area contributed by atoms with Crippen LogP contribution < -0.4 is 5.32 Å². The Morgan fingerprint density at radius 2 is 1.96 bits per heavy atom. The molecule has 3 aromatic rings. The third-order valence-corrected chi connectivity index (χ3v) is 3.87. The number of anilines is 1. The number of carbonyl (C=O) groups excluding carboxylic acids is 2. The Kier molecular flexibility index (Phi) is 4.61. The van der Waals surface area contributed by atoms with Gasteiger partial charge in [-0.2, -0.15) is 0 Å². The number of nitrogens with zero attached hydrogens (tertiary/aromatic N) is 1. The van der Waals surface area contributed by atoms with Crippen LogP contribution in [-0.4, -0.2) is 23.0 Å². The topological polar surface area (TPSA) is 81.4 Å². The molecule has 0 aliphatic heterocycles. The highest BCUT2D eigenvalue weighted by molar-refractivity contribution is 9.10. The molecule has 0 saturated carbocycles. The minimum atomic E-state index is -0.955. The summed E-state index contributed by atoms with van der Waals surface area (Å²) in [4.78, 5) is 28.4. The number of hydrogen-bond donors (Lipinski definition) is 1. The van der Waals surface area contributed by atoms with Gasteiger partial charge < -0.3 is 14.5 Å². The molecule has 1 aromatic heterocycles. The van der Waals surface area contributed by atoms with E-state index in [2.05, 4.69) is 26.2 Å². The minimum absolute atomic E-state index is 0.254. The van der Waals surface area contributed by atoms with Crippen LogP contribution in [0.1, 0.15) is 17.3 Å². The van der Waals surface area contributed by atoms with E-state index in [0.29, 0.717) is 16.8 Å². The summed E-state index contributed by atoms with van der Waals surface area (Å²) in [6, 6.07) is 12.0. The van der Waals surface area contributed by atoms with Gasteiger partial charge in [0.05, 0.1) is 5.56 Å². The van der Waals surface area contributed by atoms with Crippen LogP contribution in [0, 0.1) is 0 Å². The molecule has 0 radical (unpaired) electrons. The number of benzene rings is 2. The zero-order valence-corrected chi connectivity index (χ0v) is 14.2. The van der Waals surface area contributed by atoms with Crippen LogP contribution in [0.15, 0.2) is 57.7 Å². The molecule has 2 aromatic carbocycles. The fraction of sp³-hybridized carbons (Fsp3) is 0.118. The van der Waals surface area contributed by atoms with Crippen LogP contribution in [0.5, 0.6) is 0 Å². The number of para-hydroxylation sites is 1. The van der Waals surface area contributed by atoms with Crippen LogP contribution in [0.3, 0.4) is 0 Å². The van der Waals surface area contributed by atoms with Crippen LogP contribution in [0.25, 0.3) is 11.1 Å². The van der Waals surface area contributed by atoms with E-state index in [0.717, 1.165) is 4.47 Å².